The molecule has 0 aliphatic rings. The zero-order valence-corrected chi connectivity index (χ0v) is 8.90. The predicted molar refractivity (Wildman–Crippen MR) is 48.0 cm³/mol. The van der Waals surface area contributed by atoms with Gasteiger partial charge in [-0.1, -0.05) is 0 Å². The van der Waals surface area contributed by atoms with Gasteiger partial charge >= 0.3 is 18.9 Å². The number of carbonyl (C=O) groups excluding carboxylic acids is 1. The summed E-state index contributed by atoms with van der Waals surface area (Å²) in [7, 11) is 0. The van der Waals surface area contributed by atoms with Crippen LogP contribution >= 0.6 is 0 Å². The number of rotatable bonds is 1. The van der Waals surface area contributed by atoms with E-state index in [0.29, 0.717) is 0 Å². The van der Waals surface area contributed by atoms with E-state index in [0.717, 1.165) is 0 Å². The van der Waals surface area contributed by atoms with Crippen LogP contribution in [-0.2, 0) is 4.74 Å². The minimum Gasteiger partial charge on any atom is -0.560 e. The van der Waals surface area contributed by atoms with E-state index < -0.39 is 11.7 Å². The average molecular weight is 189 g/mol. The van der Waals surface area contributed by atoms with Crippen LogP contribution in [0.4, 0.5) is 10.7 Å². The summed E-state index contributed by atoms with van der Waals surface area (Å²) in [6.07, 6.45) is 0.811. The van der Waals surface area contributed by atoms with Crippen LogP contribution in [-0.4, -0.2) is 11.7 Å². The first-order valence-corrected chi connectivity index (χ1v) is 3.95. The van der Waals surface area contributed by atoms with Gasteiger partial charge in [-0.25, -0.2) is 0 Å². The summed E-state index contributed by atoms with van der Waals surface area (Å²) in [6, 6.07) is 3.24. The van der Waals surface area contributed by atoms with E-state index in [9.17, 15) is 4.79 Å². The largest absolute Gasteiger partial charge is 1.00 e. The average Bonchev–Trinajstić information content (AvgIpc) is 2.34. The first kappa shape index (κ1) is 13.1. The fourth-order valence-corrected chi connectivity index (χ4v) is 0.708. The van der Waals surface area contributed by atoms with Crippen molar-refractivity contribution in [2.45, 2.75) is 26.4 Å². The number of carbonyl (C=O) groups is 1. The van der Waals surface area contributed by atoms with Crippen LogP contribution in [0.3, 0.4) is 0 Å². The van der Waals surface area contributed by atoms with Crippen LogP contribution in [0.15, 0.2) is 22.8 Å². The summed E-state index contributed by atoms with van der Waals surface area (Å²) in [4.78, 5) is 11.1. The zero-order valence-electron chi connectivity index (χ0n) is 8.90. The van der Waals surface area contributed by atoms with Gasteiger partial charge in [0.15, 0.2) is 0 Å². The Kier molecular flexibility index (Phi) is 4.82. The number of hydrogen-bond acceptors (Lipinski definition) is 3. The Labute approximate surface area is 95.2 Å². The van der Waals surface area contributed by atoms with Gasteiger partial charge in [-0.05, 0) is 32.9 Å². The van der Waals surface area contributed by atoms with E-state index in [2.05, 4.69) is 5.32 Å². The Morgan fingerprint density at radius 2 is 2.14 bits per heavy atom. The molecule has 0 aromatic carbocycles. The molecule has 0 aliphatic heterocycles. The minimum absolute atomic E-state index is 0. The van der Waals surface area contributed by atoms with Crippen molar-refractivity contribution in [2.24, 2.45) is 0 Å². The number of furan rings is 1. The van der Waals surface area contributed by atoms with Crippen LogP contribution < -0.4 is 18.9 Å². The Bertz CT molecular complexity index is 277. The molecule has 5 heteroatoms. The molecule has 0 atom stereocenters. The molecule has 0 saturated carbocycles. The van der Waals surface area contributed by atoms with Gasteiger partial charge in [0.25, 0.3) is 0 Å². The molecule has 0 aliphatic carbocycles. The number of hydrogen-bond donors (Lipinski definition) is 0. The Morgan fingerprint density at radius 3 is 2.57 bits per heavy atom. The topological polar surface area (TPSA) is 53.5 Å². The second-order valence-electron chi connectivity index (χ2n) is 3.54. The second-order valence-corrected chi connectivity index (χ2v) is 3.54. The van der Waals surface area contributed by atoms with E-state index in [1.807, 2.05) is 0 Å². The van der Waals surface area contributed by atoms with Gasteiger partial charge in [0, 0.05) is 5.88 Å². The monoisotopic (exact) mass is 189 g/mol. The van der Waals surface area contributed by atoms with Gasteiger partial charge in [0.05, 0.1) is 6.26 Å². The van der Waals surface area contributed by atoms with Crippen molar-refractivity contribution in [3.63, 3.8) is 0 Å². The summed E-state index contributed by atoms with van der Waals surface area (Å²) in [5, 5.41) is 3.58. The van der Waals surface area contributed by atoms with E-state index in [-0.39, 0.29) is 24.7 Å². The Morgan fingerprint density at radius 1 is 1.50 bits per heavy atom. The maximum absolute atomic E-state index is 11.1. The quantitative estimate of drug-likeness (QED) is 0.594. The van der Waals surface area contributed by atoms with Gasteiger partial charge in [-0.3, -0.25) is 4.79 Å². The molecule has 14 heavy (non-hydrogen) atoms. The van der Waals surface area contributed by atoms with Crippen LogP contribution in [0.1, 0.15) is 20.8 Å². The van der Waals surface area contributed by atoms with E-state index >= 15 is 0 Å². The molecule has 1 heterocycles. The number of ether oxygens (including phenoxy) is 1. The molecule has 72 valence electrons. The SMILES string of the molecule is CC(C)(C)OC(=O)[N-]c1ccco1.[Li+]. The maximum Gasteiger partial charge on any atom is 1.00 e. The molecule has 0 bridgehead atoms. The molecule has 0 saturated heterocycles. The van der Waals surface area contributed by atoms with Crippen LogP contribution in [0.2, 0.25) is 0 Å². The minimum atomic E-state index is -0.637. The Balaban J connectivity index is 0.00000169. The van der Waals surface area contributed by atoms with Crippen molar-refractivity contribution in [2.75, 3.05) is 0 Å². The normalized spacial score (nSPS) is 10.2. The summed E-state index contributed by atoms with van der Waals surface area (Å²) >= 11 is 0. The summed E-state index contributed by atoms with van der Waals surface area (Å²) < 4.78 is 9.80. The second kappa shape index (κ2) is 5.13. The molecule has 1 aromatic heterocycles. The van der Waals surface area contributed by atoms with E-state index in [4.69, 9.17) is 9.15 Å². The van der Waals surface area contributed by atoms with Crippen LogP contribution in [0.5, 0.6) is 0 Å². The molecule has 1 aromatic rings. The van der Waals surface area contributed by atoms with Crippen molar-refractivity contribution >= 4 is 12.0 Å². The van der Waals surface area contributed by atoms with Crippen LogP contribution in [0.25, 0.3) is 5.32 Å². The van der Waals surface area contributed by atoms with Gasteiger partial charge < -0.3 is 14.5 Å². The van der Waals surface area contributed by atoms with Crippen molar-refractivity contribution in [3.05, 3.63) is 23.7 Å². The molecule has 1 amide bonds. The molecule has 0 fully saturated rings. The summed E-state index contributed by atoms with van der Waals surface area (Å²) in [5.41, 5.74) is -0.521. The van der Waals surface area contributed by atoms with E-state index in [1.54, 1.807) is 32.9 Å². The summed E-state index contributed by atoms with van der Waals surface area (Å²) in [6.45, 7) is 5.34. The first-order chi connectivity index (χ1) is 5.97. The molecule has 1 rings (SSSR count). The van der Waals surface area contributed by atoms with Crippen molar-refractivity contribution in [1.29, 1.82) is 0 Å². The predicted octanol–water partition coefficient (Wildman–Crippen LogP) is 0.224. The molecule has 4 nitrogen and oxygen atoms in total. The zero-order chi connectivity index (χ0) is 9.90. The fourth-order valence-electron chi connectivity index (χ4n) is 0.708. The van der Waals surface area contributed by atoms with Crippen LogP contribution in [0, 0.1) is 0 Å². The third-order valence-corrected chi connectivity index (χ3v) is 1.10. The summed E-state index contributed by atoms with van der Waals surface area (Å²) in [5.74, 6) is 0.259. The van der Waals surface area contributed by atoms with Crippen molar-refractivity contribution < 1.29 is 32.8 Å². The molecule has 0 N–H and O–H groups in total. The molecule has 0 unspecified atom stereocenters. The maximum atomic E-state index is 11.1. The molecule has 0 spiro atoms. The third-order valence-electron chi connectivity index (χ3n) is 1.10. The number of nitrogens with zero attached hydrogens (tertiary/aromatic N) is 1. The van der Waals surface area contributed by atoms with Gasteiger partial charge in [-0.2, -0.15) is 0 Å². The smallest absolute Gasteiger partial charge is 0.560 e. The third kappa shape index (κ3) is 5.00. The fraction of sp³-hybridized carbons (Fsp3) is 0.444. The van der Waals surface area contributed by atoms with Crippen molar-refractivity contribution in [3.8, 4) is 0 Å². The first-order valence-electron chi connectivity index (χ1n) is 3.95. The molecule has 0 radical (unpaired) electrons. The molecular formula is C9H12LiNO3. The Hall–Kier alpha value is -0.853. The van der Waals surface area contributed by atoms with E-state index in [1.165, 1.54) is 6.26 Å². The number of amides is 1. The van der Waals surface area contributed by atoms with Crippen molar-refractivity contribution in [1.82, 2.24) is 0 Å². The molecular weight excluding hydrogens is 177 g/mol. The van der Waals surface area contributed by atoms with Gasteiger partial charge in [0.2, 0.25) is 6.09 Å². The van der Waals surface area contributed by atoms with Gasteiger partial charge in [-0.15, -0.1) is 0 Å². The standard InChI is InChI=1S/C9H13NO3.Li/c1-9(2,3)13-8(11)10-7-5-4-6-12-7;/h4-6H,1-3H3,(H,10,11);/q;+1/p-1. The van der Waals surface area contributed by atoms with Gasteiger partial charge in [0.1, 0.15) is 5.60 Å².